The van der Waals surface area contributed by atoms with Crippen molar-refractivity contribution in [3.8, 4) is 5.69 Å². The number of rotatable bonds is 5. The average Bonchev–Trinajstić information content (AvgIpc) is 3.44. The van der Waals surface area contributed by atoms with Gasteiger partial charge >= 0.3 is 6.03 Å². The summed E-state index contributed by atoms with van der Waals surface area (Å²) in [5.41, 5.74) is 1.93. The van der Waals surface area contributed by atoms with Crippen LogP contribution in [0.3, 0.4) is 0 Å². The smallest absolute Gasteiger partial charge is 0.312 e. The van der Waals surface area contributed by atoms with Gasteiger partial charge in [0, 0.05) is 31.1 Å². The lowest BCUT2D eigenvalue weighted by Crippen LogP contribution is -2.61. The third-order valence-corrected chi connectivity index (χ3v) is 6.81. The number of anilines is 1. The van der Waals surface area contributed by atoms with E-state index >= 15 is 0 Å². The Morgan fingerprint density at radius 1 is 0.971 bits per heavy atom. The van der Waals surface area contributed by atoms with Crippen molar-refractivity contribution in [2.75, 3.05) is 18.4 Å². The van der Waals surface area contributed by atoms with E-state index in [0.717, 1.165) is 17.7 Å². The number of nitrogens with zero attached hydrogens (tertiary/aromatic N) is 4. The standard InChI is InChI=1S/C25H24N6O3/c32-23(28-22-11-12-27-31(22)17-9-5-2-6-10-17)20-14-26-15-21-24(33)30(25(34)29(20)21)19-13-18(19)16-7-3-1-4-8-16/h1-12,18-21,26H,13-15H2,(H,28,32)/t18-,19+,20+,21+/m1/s1. The van der Waals surface area contributed by atoms with Crippen molar-refractivity contribution < 1.29 is 14.4 Å². The van der Waals surface area contributed by atoms with Crippen LogP contribution in [0.1, 0.15) is 17.9 Å². The van der Waals surface area contributed by atoms with E-state index in [4.69, 9.17) is 0 Å². The van der Waals surface area contributed by atoms with Crippen LogP contribution < -0.4 is 10.6 Å². The van der Waals surface area contributed by atoms with Crippen LogP contribution in [0.4, 0.5) is 10.6 Å². The number of aromatic nitrogens is 2. The molecule has 3 aromatic rings. The number of benzene rings is 2. The van der Waals surface area contributed by atoms with Crippen molar-refractivity contribution in [3.63, 3.8) is 0 Å². The molecular formula is C25H24N6O3. The Balaban J connectivity index is 1.21. The fraction of sp³-hybridized carbons (Fsp3) is 0.280. The third kappa shape index (κ3) is 3.36. The van der Waals surface area contributed by atoms with Gasteiger partial charge in [-0.25, -0.2) is 9.48 Å². The Kier molecular flexibility index (Phi) is 4.91. The molecule has 2 aliphatic heterocycles. The first-order valence-electron chi connectivity index (χ1n) is 11.4. The van der Waals surface area contributed by atoms with E-state index in [1.54, 1.807) is 16.9 Å². The molecular weight excluding hydrogens is 432 g/mol. The van der Waals surface area contributed by atoms with Crippen molar-refractivity contribution in [3.05, 3.63) is 78.5 Å². The molecule has 0 unspecified atom stereocenters. The highest BCUT2D eigenvalue weighted by Gasteiger charge is 2.58. The van der Waals surface area contributed by atoms with Crippen LogP contribution in [0.25, 0.3) is 5.69 Å². The zero-order chi connectivity index (χ0) is 23.2. The zero-order valence-electron chi connectivity index (χ0n) is 18.4. The van der Waals surface area contributed by atoms with Crippen LogP contribution in [0.5, 0.6) is 0 Å². The molecule has 0 spiro atoms. The molecule has 3 aliphatic rings. The highest BCUT2D eigenvalue weighted by molar-refractivity contribution is 6.08. The summed E-state index contributed by atoms with van der Waals surface area (Å²) in [4.78, 5) is 42.8. The van der Waals surface area contributed by atoms with Crippen molar-refractivity contribution in [2.24, 2.45) is 0 Å². The molecule has 1 saturated carbocycles. The minimum absolute atomic E-state index is 0.149. The molecule has 9 heteroatoms. The quantitative estimate of drug-likeness (QED) is 0.572. The second kappa shape index (κ2) is 8.11. The molecule has 4 atom stereocenters. The minimum Gasteiger partial charge on any atom is -0.312 e. The molecule has 9 nitrogen and oxygen atoms in total. The molecule has 0 radical (unpaired) electrons. The fourth-order valence-corrected chi connectivity index (χ4v) is 5.06. The number of amides is 4. The number of para-hydroxylation sites is 1. The Bertz CT molecular complexity index is 1240. The second-order valence-electron chi connectivity index (χ2n) is 8.86. The summed E-state index contributed by atoms with van der Waals surface area (Å²) in [6.07, 6.45) is 2.36. The molecule has 4 amide bonds. The van der Waals surface area contributed by atoms with E-state index in [1.807, 2.05) is 60.7 Å². The first-order chi connectivity index (χ1) is 16.6. The second-order valence-corrected chi connectivity index (χ2v) is 8.86. The van der Waals surface area contributed by atoms with Crippen molar-refractivity contribution in [2.45, 2.75) is 30.5 Å². The average molecular weight is 457 g/mol. The van der Waals surface area contributed by atoms with Gasteiger partial charge in [0.25, 0.3) is 5.91 Å². The van der Waals surface area contributed by atoms with Crippen LogP contribution in [0, 0.1) is 0 Å². The number of piperazine rings is 1. The van der Waals surface area contributed by atoms with Gasteiger partial charge in [0.15, 0.2) is 0 Å². The molecule has 2 saturated heterocycles. The Morgan fingerprint density at radius 3 is 2.47 bits per heavy atom. The van der Waals surface area contributed by atoms with E-state index in [1.165, 1.54) is 9.80 Å². The first kappa shape index (κ1) is 20.6. The normalized spacial score (nSPS) is 25.9. The molecule has 1 aromatic heterocycles. The van der Waals surface area contributed by atoms with Gasteiger partial charge in [-0.2, -0.15) is 5.10 Å². The largest absolute Gasteiger partial charge is 0.328 e. The molecule has 2 aromatic carbocycles. The number of carbonyl (C=O) groups excluding carboxylic acids is 3. The van der Waals surface area contributed by atoms with Crippen LogP contribution in [-0.2, 0) is 9.59 Å². The predicted molar refractivity (Wildman–Crippen MR) is 124 cm³/mol. The molecule has 0 bridgehead atoms. The summed E-state index contributed by atoms with van der Waals surface area (Å²) in [5, 5.41) is 10.4. The summed E-state index contributed by atoms with van der Waals surface area (Å²) >= 11 is 0. The van der Waals surface area contributed by atoms with E-state index in [0.29, 0.717) is 12.4 Å². The fourth-order valence-electron chi connectivity index (χ4n) is 5.06. The van der Waals surface area contributed by atoms with Gasteiger partial charge in [-0.1, -0.05) is 48.5 Å². The third-order valence-electron chi connectivity index (χ3n) is 6.81. The molecule has 1 aliphatic carbocycles. The number of imide groups is 1. The summed E-state index contributed by atoms with van der Waals surface area (Å²) in [7, 11) is 0. The van der Waals surface area contributed by atoms with Gasteiger partial charge < -0.3 is 10.6 Å². The number of fused-ring (bicyclic) bond motifs is 1. The SMILES string of the molecule is O=C(Nc1ccnn1-c1ccccc1)[C@@H]1CNC[C@H]2C(=O)N([C@H]3C[C@@H]3c3ccccc3)C(=O)N12. The number of hydrogen-bond donors (Lipinski definition) is 2. The Morgan fingerprint density at radius 2 is 1.71 bits per heavy atom. The monoisotopic (exact) mass is 456 g/mol. The maximum absolute atomic E-state index is 13.4. The van der Waals surface area contributed by atoms with Crippen LogP contribution >= 0.6 is 0 Å². The lowest BCUT2D eigenvalue weighted by Gasteiger charge is -2.34. The van der Waals surface area contributed by atoms with E-state index in [-0.39, 0.29) is 36.3 Å². The van der Waals surface area contributed by atoms with Crippen molar-refractivity contribution in [1.29, 1.82) is 0 Å². The first-order valence-corrected chi connectivity index (χ1v) is 11.4. The number of nitrogens with one attached hydrogen (secondary N) is 2. The highest BCUT2D eigenvalue weighted by Crippen LogP contribution is 2.47. The molecule has 3 heterocycles. The summed E-state index contributed by atoms with van der Waals surface area (Å²) in [6.45, 7) is 0.622. The predicted octanol–water partition coefficient (Wildman–Crippen LogP) is 1.97. The van der Waals surface area contributed by atoms with Crippen LogP contribution in [-0.4, -0.2) is 68.6 Å². The van der Waals surface area contributed by atoms with Gasteiger partial charge in [-0.05, 0) is 24.1 Å². The Hall–Kier alpha value is -3.98. The number of urea groups is 1. The van der Waals surface area contributed by atoms with Gasteiger partial charge in [-0.15, -0.1) is 0 Å². The summed E-state index contributed by atoms with van der Waals surface area (Å²) in [5.74, 6) is 0.0662. The zero-order valence-corrected chi connectivity index (χ0v) is 18.4. The summed E-state index contributed by atoms with van der Waals surface area (Å²) in [6, 6.07) is 19.1. The molecule has 34 heavy (non-hydrogen) atoms. The summed E-state index contributed by atoms with van der Waals surface area (Å²) < 4.78 is 1.63. The maximum atomic E-state index is 13.4. The lowest BCUT2D eigenvalue weighted by atomic mass is 10.1. The topological polar surface area (TPSA) is 99.6 Å². The van der Waals surface area contributed by atoms with E-state index in [9.17, 15) is 14.4 Å². The highest BCUT2D eigenvalue weighted by atomic mass is 16.2. The van der Waals surface area contributed by atoms with Crippen LogP contribution in [0.2, 0.25) is 0 Å². The van der Waals surface area contributed by atoms with Crippen molar-refractivity contribution in [1.82, 2.24) is 24.9 Å². The number of hydrogen-bond acceptors (Lipinski definition) is 5. The molecule has 172 valence electrons. The van der Waals surface area contributed by atoms with E-state index < -0.39 is 12.1 Å². The molecule has 6 rings (SSSR count). The minimum atomic E-state index is -0.798. The number of carbonyl (C=O) groups is 3. The maximum Gasteiger partial charge on any atom is 0.328 e. The van der Waals surface area contributed by atoms with Gasteiger partial charge in [0.1, 0.15) is 17.9 Å². The molecule has 3 fully saturated rings. The van der Waals surface area contributed by atoms with Crippen LogP contribution in [0.15, 0.2) is 72.9 Å². The lowest BCUT2D eigenvalue weighted by molar-refractivity contribution is -0.130. The Labute approximate surface area is 196 Å². The van der Waals surface area contributed by atoms with Crippen molar-refractivity contribution >= 4 is 23.7 Å². The van der Waals surface area contributed by atoms with E-state index in [2.05, 4.69) is 15.7 Å². The van der Waals surface area contributed by atoms with Gasteiger partial charge in [0.2, 0.25) is 5.91 Å². The molecule has 2 N–H and O–H groups in total. The van der Waals surface area contributed by atoms with Gasteiger partial charge in [0.05, 0.1) is 11.9 Å². The van der Waals surface area contributed by atoms with Gasteiger partial charge in [-0.3, -0.25) is 19.4 Å².